The van der Waals surface area contributed by atoms with Crippen LogP contribution in [-0.4, -0.2) is 47.4 Å². The molecule has 0 aromatic carbocycles. The number of allylic oxidation sites excluding steroid dienone is 3. The zero-order valence-corrected chi connectivity index (χ0v) is 46.6. The van der Waals surface area contributed by atoms with E-state index in [4.69, 9.17) is 4.74 Å². The molecule has 0 rings (SSSR count). The van der Waals surface area contributed by atoms with Gasteiger partial charge >= 0.3 is 5.97 Å². The summed E-state index contributed by atoms with van der Waals surface area (Å²) in [5.41, 5.74) is 0. The number of hydrogen-bond donors (Lipinski definition) is 3. The second kappa shape index (κ2) is 58.9. The monoisotopic (exact) mass is 972 g/mol. The van der Waals surface area contributed by atoms with Crippen molar-refractivity contribution in [2.24, 2.45) is 0 Å². The maximum Gasteiger partial charge on any atom is 0.305 e. The summed E-state index contributed by atoms with van der Waals surface area (Å²) in [5, 5.41) is 23.0. The van der Waals surface area contributed by atoms with Crippen molar-refractivity contribution in [1.82, 2.24) is 5.32 Å². The topological polar surface area (TPSA) is 95.9 Å². The Labute approximate surface area is 431 Å². The zero-order valence-electron chi connectivity index (χ0n) is 46.6. The third-order valence-electron chi connectivity index (χ3n) is 14.5. The average Bonchev–Trinajstić information content (AvgIpc) is 3.35. The van der Waals surface area contributed by atoms with Crippen LogP contribution in [0.15, 0.2) is 24.3 Å². The van der Waals surface area contributed by atoms with Crippen LogP contribution in [0.2, 0.25) is 0 Å². The molecule has 6 heteroatoms. The largest absolute Gasteiger partial charge is 0.466 e. The first-order chi connectivity index (χ1) is 34.0. The van der Waals surface area contributed by atoms with Gasteiger partial charge in [0, 0.05) is 12.8 Å². The molecular formula is C63H121NO5. The molecule has 0 aliphatic heterocycles. The third-order valence-corrected chi connectivity index (χ3v) is 14.5. The van der Waals surface area contributed by atoms with Crippen molar-refractivity contribution >= 4 is 11.9 Å². The van der Waals surface area contributed by atoms with E-state index in [2.05, 4.69) is 31.3 Å². The van der Waals surface area contributed by atoms with E-state index < -0.39 is 12.1 Å². The van der Waals surface area contributed by atoms with Crippen LogP contribution in [0.25, 0.3) is 0 Å². The van der Waals surface area contributed by atoms with Crippen molar-refractivity contribution in [3.05, 3.63) is 24.3 Å². The van der Waals surface area contributed by atoms with E-state index in [1.165, 1.54) is 276 Å². The minimum atomic E-state index is -0.845. The Bertz CT molecular complexity index is 1080. The lowest BCUT2D eigenvalue weighted by Crippen LogP contribution is -2.45. The van der Waals surface area contributed by atoms with E-state index in [9.17, 15) is 19.8 Å². The summed E-state index contributed by atoms with van der Waals surface area (Å²) in [4.78, 5) is 24.5. The van der Waals surface area contributed by atoms with Crippen molar-refractivity contribution in [3.8, 4) is 0 Å². The van der Waals surface area contributed by atoms with Gasteiger partial charge in [0.2, 0.25) is 5.91 Å². The third kappa shape index (κ3) is 55.5. The second-order valence-electron chi connectivity index (χ2n) is 21.4. The molecule has 408 valence electrons. The zero-order chi connectivity index (χ0) is 50.0. The summed E-state index contributed by atoms with van der Waals surface area (Å²) in [6.45, 7) is 4.91. The minimum Gasteiger partial charge on any atom is -0.466 e. The summed E-state index contributed by atoms with van der Waals surface area (Å²) >= 11 is 0. The molecule has 0 aliphatic carbocycles. The SMILES string of the molecule is CCCCCCCCCCCC/C=C/C(O)C(CO)NC(=O)CCCCCCCCCCC/C=C\CCCCCCCCCCCCCCOC(=O)CCCCCCCCCCCCCCCCC. The van der Waals surface area contributed by atoms with Crippen molar-refractivity contribution in [2.45, 2.75) is 353 Å². The molecule has 0 heterocycles. The van der Waals surface area contributed by atoms with Gasteiger partial charge in [0.05, 0.1) is 25.4 Å². The number of nitrogens with one attached hydrogen (secondary N) is 1. The molecule has 1 amide bonds. The van der Waals surface area contributed by atoms with Gasteiger partial charge in [0.25, 0.3) is 0 Å². The van der Waals surface area contributed by atoms with Crippen LogP contribution in [0.3, 0.4) is 0 Å². The van der Waals surface area contributed by atoms with Gasteiger partial charge < -0.3 is 20.3 Å². The number of unbranched alkanes of at least 4 members (excludes halogenated alkanes) is 45. The maximum atomic E-state index is 12.4. The number of esters is 1. The van der Waals surface area contributed by atoms with Gasteiger partial charge in [0.1, 0.15) is 0 Å². The highest BCUT2D eigenvalue weighted by Crippen LogP contribution is 2.17. The molecule has 0 spiro atoms. The highest BCUT2D eigenvalue weighted by atomic mass is 16.5. The van der Waals surface area contributed by atoms with Gasteiger partial charge in [0.15, 0.2) is 0 Å². The van der Waals surface area contributed by atoms with Gasteiger partial charge in [-0.25, -0.2) is 0 Å². The van der Waals surface area contributed by atoms with Crippen LogP contribution in [-0.2, 0) is 14.3 Å². The number of hydrogen-bond acceptors (Lipinski definition) is 5. The van der Waals surface area contributed by atoms with Crippen LogP contribution >= 0.6 is 0 Å². The number of ether oxygens (including phenoxy) is 1. The highest BCUT2D eigenvalue weighted by molar-refractivity contribution is 5.76. The summed E-state index contributed by atoms with van der Waals surface area (Å²) in [6.07, 6.45) is 72.2. The van der Waals surface area contributed by atoms with E-state index in [-0.39, 0.29) is 18.5 Å². The molecule has 69 heavy (non-hydrogen) atoms. The molecule has 0 fully saturated rings. The highest BCUT2D eigenvalue weighted by Gasteiger charge is 2.18. The lowest BCUT2D eigenvalue weighted by Gasteiger charge is -2.20. The predicted molar refractivity (Wildman–Crippen MR) is 301 cm³/mol. The molecule has 0 radical (unpaired) electrons. The normalized spacial score (nSPS) is 12.7. The van der Waals surface area contributed by atoms with Crippen molar-refractivity contribution in [1.29, 1.82) is 0 Å². The lowest BCUT2D eigenvalue weighted by molar-refractivity contribution is -0.143. The van der Waals surface area contributed by atoms with Gasteiger partial charge in [-0.15, -0.1) is 0 Å². The first-order valence-electron chi connectivity index (χ1n) is 31.1. The molecule has 0 aliphatic rings. The predicted octanol–water partition coefficient (Wildman–Crippen LogP) is 19.4. The Morgan fingerprint density at radius 1 is 0.391 bits per heavy atom. The molecular weight excluding hydrogens is 851 g/mol. The van der Waals surface area contributed by atoms with Crippen LogP contribution in [0, 0.1) is 0 Å². The Balaban J connectivity index is 3.39. The molecule has 0 bridgehead atoms. The fourth-order valence-electron chi connectivity index (χ4n) is 9.69. The molecule has 0 saturated heterocycles. The Kier molecular flexibility index (Phi) is 57.5. The van der Waals surface area contributed by atoms with Crippen molar-refractivity contribution in [2.75, 3.05) is 13.2 Å². The van der Waals surface area contributed by atoms with E-state index in [1.54, 1.807) is 6.08 Å². The van der Waals surface area contributed by atoms with Crippen molar-refractivity contribution < 1.29 is 24.5 Å². The quantitative estimate of drug-likeness (QED) is 0.0321. The Morgan fingerprint density at radius 3 is 1.03 bits per heavy atom. The molecule has 0 saturated carbocycles. The van der Waals surface area contributed by atoms with E-state index in [0.29, 0.717) is 19.4 Å². The molecule has 2 unspecified atom stereocenters. The first-order valence-corrected chi connectivity index (χ1v) is 31.1. The maximum absolute atomic E-state index is 12.4. The van der Waals surface area contributed by atoms with Crippen LogP contribution in [0.5, 0.6) is 0 Å². The standard InChI is InChI=1S/C63H121NO5/c1-3-5-7-9-11-13-15-17-29-33-37-41-45-49-53-57-63(68)69-58-54-50-46-42-38-34-31-28-26-24-22-20-18-19-21-23-25-27-30-32-36-40-44-48-52-56-62(67)64-60(59-65)61(66)55-51-47-43-39-35-16-14-12-10-8-6-4-2/h19,21,51,55,60-61,65-66H,3-18,20,22-50,52-54,56-59H2,1-2H3,(H,64,67)/b21-19-,55-51+. The van der Waals surface area contributed by atoms with E-state index in [0.717, 1.165) is 38.5 Å². The lowest BCUT2D eigenvalue weighted by atomic mass is 10.0. The van der Waals surface area contributed by atoms with Gasteiger partial charge in [-0.1, -0.05) is 295 Å². The molecule has 2 atom stereocenters. The second-order valence-corrected chi connectivity index (χ2v) is 21.4. The number of carbonyl (C=O) groups is 2. The smallest absolute Gasteiger partial charge is 0.305 e. The van der Waals surface area contributed by atoms with Crippen molar-refractivity contribution in [3.63, 3.8) is 0 Å². The Hall–Kier alpha value is -1.66. The number of aliphatic hydroxyl groups is 2. The Morgan fingerprint density at radius 2 is 0.681 bits per heavy atom. The molecule has 6 nitrogen and oxygen atoms in total. The van der Waals surface area contributed by atoms with Gasteiger partial charge in [-0.2, -0.15) is 0 Å². The number of aliphatic hydroxyl groups excluding tert-OH is 2. The summed E-state index contributed by atoms with van der Waals surface area (Å²) in [6, 6.07) is -0.628. The fraction of sp³-hybridized carbons (Fsp3) is 0.905. The van der Waals surface area contributed by atoms with Crippen LogP contribution in [0.4, 0.5) is 0 Å². The van der Waals surface area contributed by atoms with Crippen LogP contribution in [0.1, 0.15) is 341 Å². The van der Waals surface area contributed by atoms with Gasteiger partial charge in [-0.3, -0.25) is 9.59 Å². The number of carbonyl (C=O) groups excluding carboxylic acids is 2. The molecule has 3 N–H and O–H groups in total. The number of amides is 1. The molecule has 0 aromatic heterocycles. The summed E-state index contributed by atoms with van der Waals surface area (Å²) < 4.78 is 5.49. The summed E-state index contributed by atoms with van der Waals surface area (Å²) in [7, 11) is 0. The van der Waals surface area contributed by atoms with E-state index in [1.807, 2.05) is 6.08 Å². The summed E-state index contributed by atoms with van der Waals surface area (Å²) in [5.74, 6) is -0.0547. The number of rotatable bonds is 58. The van der Waals surface area contributed by atoms with Crippen LogP contribution < -0.4 is 5.32 Å². The first kappa shape index (κ1) is 67.3. The minimum absolute atomic E-state index is 0.0161. The van der Waals surface area contributed by atoms with E-state index >= 15 is 0 Å². The average molecular weight is 973 g/mol. The fourth-order valence-corrected chi connectivity index (χ4v) is 9.69. The molecule has 0 aromatic rings. The van der Waals surface area contributed by atoms with Gasteiger partial charge in [-0.05, 0) is 57.8 Å².